The number of carboxylic acid groups (broad SMARTS) is 2. The molecular formula is C18H32N4O7S. The highest BCUT2D eigenvalue weighted by Crippen LogP contribution is 2.07. The fourth-order valence-corrected chi connectivity index (χ4v) is 2.88. The molecule has 12 heteroatoms. The van der Waals surface area contributed by atoms with E-state index in [2.05, 4.69) is 16.0 Å². The summed E-state index contributed by atoms with van der Waals surface area (Å²) in [6.45, 7) is 2.95. The third kappa shape index (κ3) is 11.0. The summed E-state index contributed by atoms with van der Waals surface area (Å²) in [7, 11) is 0. The van der Waals surface area contributed by atoms with E-state index in [1.165, 1.54) is 11.8 Å². The molecule has 0 aliphatic heterocycles. The van der Waals surface area contributed by atoms with Gasteiger partial charge in [0.25, 0.3) is 0 Å². The number of hydrogen-bond acceptors (Lipinski definition) is 7. The van der Waals surface area contributed by atoms with Crippen LogP contribution in [0.15, 0.2) is 0 Å². The summed E-state index contributed by atoms with van der Waals surface area (Å²) < 4.78 is 0. The quantitative estimate of drug-likeness (QED) is 0.185. The van der Waals surface area contributed by atoms with E-state index in [1.54, 1.807) is 13.8 Å². The van der Waals surface area contributed by atoms with Gasteiger partial charge >= 0.3 is 11.9 Å². The Morgan fingerprint density at radius 2 is 1.67 bits per heavy atom. The lowest BCUT2D eigenvalue weighted by atomic mass is 9.99. The van der Waals surface area contributed by atoms with Crippen molar-refractivity contribution in [1.82, 2.24) is 16.0 Å². The molecule has 0 aliphatic rings. The fourth-order valence-electron chi connectivity index (χ4n) is 2.39. The monoisotopic (exact) mass is 448 g/mol. The molecule has 0 saturated carbocycles. The van der Waals surface area contributed by atoms with Crippen LogP contribution in [-0.4, -0.2) is 76.6 Å². The minimum Gasteiger partial charge on any atom is -0.481 e. The number of carbonyl (C=O) groups is 5. The van der Waals surface area contributed by atoms with Crippen molar-refractivity contribution in [2.75, 3.05) is 18.6 Å². The van der Waals surface area contributed by atoms with Crippen molar-refractivity contribution in [1.29, 1.82) is 0 Å². The van der Waals surface area contributed by atoms with Crippen molar-refractivity contribution in [3.05, 3.63) is 0 Å². The van der Waals surface area contributed by atoms with Crippen molar-refractivity contribution in [2.45, 2.75) is 57.7 Å². The first kappa shape index (κ1) is 27.7. The molecule has 0 aromatic heterocycles. The van der Waals surface area contributed by atoms with E-state index in [-0.39, 0.29) is 18.8 Å². The van der Waals surface area contributed by atoms with E-state index in [0.29, 0.717) is 18.6 Å². The molecule has 0 heterocycles. The molecule has 0 aliphatic carbocycles. The summed E-state index contributed by atoms with van der Waals surface area (Å²) in [5.41, 5.74) is 5.76. The second-order valence-corrected chi connectivity index (χ2v) is 7.85. The lowest BCUT2D eigenvalue weighted by molar-refractivity contribution is -0.143. The molecule has 172 valence electrons. The highest BCUT2D eigenvalue weighted by molar-refractivity contribution is 7.98. The van der Waals surface area contributed by atoms with Gasteiger partial charge in [0.05, 0.1) is 12.6 Å². The molecule has 4 atom stereocenters. The Morgan fingerprint density at radius 1 is 1.03 bits per heavy atom. The normalized spacial score (nSPS) is 14.7. The van der Waals surface area contributed by atoms with Crippen LogP contribution in [0.5, 0.6) is 0 Å². The van der Waals surface area contributed by atoms with E-state index < -0.39 is 54.3 Å². The third-order valence-corrected chi connectivity index (χ3v) is 5.11. The molecule has 0 saturated heterocycles. The molecule has 0 bridgehead atoms. The van der Waals surface area contributed by atoms with Gasteiger partial charge < -0.3 is 31.9 Å². The van der Waals surface area contributed by atoms with Crippen LogP contribution in [-0.2, 0) is 24.0 Å². The van der Waals surface area contributed by atoms with E-state index in [0.717, 1.165) is 0 Å². The van der Waals surface area contributed by atoms with Crippen molar-refractivity contribution < 1.29 is 34.2 Å². The number of hydrogen-bond donors (Lipinski definition) is 6. The smallest absolute Gasteiger partial charge is 0.326 e. The van der Waals surface area contributed by atoms with Gasteiger partial charge in [0.2, 0.25) is 17.7 Å². The van der Waals surface area contributed by atoms with Gasteiger partial charge in [-0.1, -0.05) is 20.3 Å². The number of nitrogens with one attached hydrogen (secondary N) is 3. The van der Waals surface area contributed by atoms with Gasteiger partial charge in [-0.3, -0.25) is 19.2 Å². The van der Waals surface area contributed by atoms with Crippen molar-refractivity contribution in [3.63, 3.8) is 0 Å². The summed E-state index contributed by atoms with van der Waals surface area (Å²) in [6.07, 6.45) is 2.21. The standard InChI is InChI=1S/C18H32N4O7S/c1-4-10(2)15(18(28)29)22-13(23)9-20-17(27)12(5-6-14(24)25)21-16(26)11(19)7-8-30-3/h10-12,15H,4-9,19H2,1-3H3,(H,20,27)(H,21,26)(H,22,23)(H,24,25)(H,28,29). The van der Waals surface area contributed by atoms with E-state index in [9.17, 15) is 29.1 Å². The van der Waals surface area contributed by atoms with Crippen molar-refractivity contribution in [3.8, 4) is 0 Å². The molecule has 30 heavy (non-hydrogen) atoms. The average Bonchev–Trinajstić information content (AvgIpc) is 2.69. The Labute approximate surface area is 179 Å². The maximum absolute atomic E-state index is 12.4. The maximum Gasteiger partial charge on any atom is 0.326 e. The number of amides is 3. The summed E-state index contributed by atoms with van der Waals surface area (Å²) in [5.74, 6) is -4.07. The lowest BCUT2D eigenvalue weighted by Crippen LogP contribution is -2.54. The van der Waals surface area contributed by atoms with Gasteiger partial charge in [-0.25, -0.2) is 4.79 Å². The molecule has 4 unspecified atom stereocenters. The second kappa shape index (κ2) is 14.6. The van der Waals surface area contributed by atoms with E-state index >= 15 is 0 Å². The van der Waals surface area contributed by atoms with Crippen LogP contribution < -0.4 is 21.7 Å². The summed E-state index contributed by atoms with van der Waals surface area (Å²) >= 11 is 1.51. The lowest BCUT2D eigenvalue weighted by Gasteiger charge is -2.22. The number of rotatable bonds is 15. The minimum atomic E-state index is -1.19. The fraction of sp³-hybridized carbons (Fsp3) is 0.722. The van der Waals surface area contributed by atoms with Crippen molar-refractivity contribution in [2.24, 2.45) is 11.7 Å². The Bertz CT molecular complexity index is 617. The van der Waals surface area contributed by atoms with Crippen LogP contribution in [0.1, 0.15) is 39.5 Å². The Morgan fingerprint density at radius 3 is 2.17 bits per heavy atom. The number of aliphatic carboxylic acids is 2. The first-order chi connectivity index (χ1) is 14.0. The molecule has 0 aromatic carbocycles. The zero-order chi connectivity index (χ0) is 23.3. The SMILES string of the molecule is CCC(C)C(NC(=O)CNC(=O)C(CCC(=O)O)NC(=O)C(N)CCSC)C(=O)O. The molecule has 0 fully saturated rings. The summed E-state index contributed by atoms with van der Waals surface area (Å²) in [5, 5.41) is 25.1. The number of thioether (sulfide) groups is 1. The number of carboxylic acids is 2. The molecule has 0 radical (unpaired) electrons. The van der Waals surface area contributed by atoms with E-state index in [1.807, 2.05) is 6.26 Å². The summed E-state index contributed by atoms with van der Waals surface area (Å²) in [6, 6.07) is -3.14. The maximum atomic E-state index is 12.4. The molecule has 0 aromatic rings. The third-order valence-electron chi connectivity index (χ3n) is 4.47. The Hall–Kier alpha value is -2.34. The predicted octanol–water partition coefficient (Wildman–Crippen LogP) is -0.852. The molecule has 0 spiro atoms. The Kier molecular flexibility index (Phi) is 13.5. The molecule has 7 N–H and O–H groups in total. The highest BCUT2D eigenvalue weighted by Gasteiger charge is 2.27. The van der Waals surface area contributed by atoms with Gasteiger partial charge in [-0.15, -0.1) is 0 Å². The van der Waals surface area contributed by atoms with Gasteiger partial charge in [0.15, 0.2) is 0 Å². The molecule has 3 amide bonds. The highest BCUT2D eigenvalue weighted by atomic mass is 32.2. The van der Waals surface area contributed by atoms with E-state index in [4.69, 9.17) is 10.8 Å². The average molecular weight is 449 g/mol. The van der Waals surface area contributed by atoms with Crippen LogP contribution in [0.4, 0.5) is 0 Å². The van der Waals surface area contributed by atoms with Crippen LogP contribution in [0.3, 0.4) is 0 Å². The minimum absolute atomic E-state index is 0.186. The van der Waals surface area contributed by atoms with Crippen LogP contribution >= 0.6 is 11.8 Å². The zero-order valence-corrected chi connectivity index (χ0v) is 18.3. The first-order valence-electron chi connectivity index (χ1n) is 9.59. The second-order valence-electron chi connectivity index (χ2n) is 6.87. The zero-order valence-electron chi connectivity index (χ0n) is 17.5. The van der Waals surface area contributed by atoms with Crippen LogP contribution in [0, 0.1) is 5.92 Å². The first-order valence-corrected chi connectivity index (χ1v) is 11.0. The van der Waals surface area contributed by atoms with Crippen LogP contribution in [0.25, 0.3) is 0 Å². The van der Waals surface area contributed by atoms with Crippen LogP contribution in [0.2, 0.25) is 0 Å². The number of nitrogens with two attached hydrogens (primary N) is 1. The van der Waals surface area contributed by atoms with Gasteiger partial charge in [-0.2, -0.15) is 11.8 Å². The van der Waals surface area contributed by atoms with Crippen molar-refractivity contribution >= 4 is 41.4 Å². The van der Waals surface area contributed by atoms with Gasteiger partial charge in [0, 0.05) is 6.42 Å². The Balaban J connectivity index is 4.90. The molecule has 11 nitrogen and oxygen atoms in total. The largest absolute Gasteiger partial charge is 0.481 e. The van der Waals surface area contributed by atoms with Gasteiger partial charge in [0.1, 0.15) is 12.1 Å². The molecular weight excluding hydrogens is 416 g/mol. The summed E-state index contributed by atoms with van der Waals surface area (Å²) in [4.78, 5) is 58.7. The topological polar surface area (TPSA) is 188 Å². The predicted molar refractivity (Wildman–Crippen MR) is 112 cm³/mol. The van der Waals surface area contributed by atoms with Gasteiger partial charge in [-0.05, 0) is 30.8 Å². The molecule has 0 rings (SSSR count). The number of carbonyl (C=O) groups excluding carboxylic acids is 3.